The third-order valence-corrected chi connectivity index (χ3v) is 6.58. The van der Waals surface area contributed by atoms with E-state index in [9.17, 15) is 22.8 Å². The van der Waals surface area contributed by atoms with E-state index in [0.717, 1.165) is 5.01 Å². The van der Waals surface area contributed by atoms with Crippen LogP contribution in [0.5, 0.6) is 5.75 Å². The first-order valence-corrected chi connectivity index (χ1v) is 11.6. The second kappa shape index (κ2) is 10.6. The Morgan fingerprint density at radius 3 is 2.22 bits per heavy atom. The molecule has 0 heterocycles. The summed E-state index contributed by atoms with van der Waals surface area (Å²) in [4.78, 5) is 24.6. The van der Waals surface area contributed by atoms with E-state index in [0.29, 0.717) is 18.4 Å². The maximum absolute atomic E-state index is 14.1. The van der Waals surface area contributed by atoms with E-state index in [4.69, 9.17) is 38.9 Å². The van der Waals surface area contributed by atoms with Crippen LogP contribution in [0.25, 0.3) is 0 Å². The number of hydrogen-bond acceptors (Lipinski definition) is 5. The molecule has 0 saturated heterocycles. The van der Waals surface area contributed by atoms with Crippen molar-refractivity contribution in [2.45, 2.75) is 37.9 Å². The number of carboxylic acids is 1. The lowest BCUT2D eigenvalue weighted by atomic mass is 9.93. The van der Waals surface area contributed by atoms with Crippen LogP contribution in [0.2, 0.25) is 10.0 Å². The van der Waals surface area contributed by atoms with Crippen molar-refractivity contribution in [1.29, 1.82) is 0 Å². The highest BCUT2D eigenvalue weighted by Gasteiger charge is 2.50. The topological polar surface area (TPSA) is 105 Å². The van der Waals surface area contributed by atoms with E-state index in [1.54, 1.807) is 0 Å². The minimum Gasteiger partial charge on any atom is -0.478 e. The Bertz CT molecular complexity index is 1180. The number of carboxylic acid groups (broad SMARTS) is 1. The number of rotatable bonds is 9. The van der Waals surface area contributed by atoms with Crippen molar-refractivity contribution >= 4 is 35.1 Å². The molecule has 2 aromatic carbocycles. The van der Waals surface area contributed by atoms with Crippen molar-refractivity contribution < 1.29 is 32.6 Å². The zero-order valence-corrected chi connectivity index (χ0v) is 20.8. The lowest BCUT2D eigenvalue weighted by Gasteiger charge is -2.29. The molecular formula is C24H24Cl2F3N3O4. The van der Waals surface area contributed by atoms with Crippen LogP contribution >= 0.6 is 23.2 Å². The summed E-state index contributed by atoms with van der Waals surface area (Å²) >= 11 is 11.9. The lowest BCUT2D eigenvalue weighted by Crippen LogP contribution is -2.43. The number of nitrogens with one attached hydrogen (secondary N) is 1. The van der Waals surface area contributed by atoms with Gasteiger partial charge in [0.2, 0.25) is 5.88 Å². The van der Waals surface area contributed by atoms with Gasteiger partial charge in [0, 0.05) is 13.1 Å². The minimum absolute atomic E-state index is 0.0319. The summed E-state index contributed by atoms with van der Waals surface area (Å²) in [6.07, 6.45) is -4.30. The molecule has 7 nitrogen and oxygen atoms in total. The Kier molecular flexibility index (Phi) is 8.12. The molecule has 36 heavy (non-hydrogen) atoms. The molecule has 1 atom stereocenters. The molecule has 2 aromatic rings. The van der Waals surface area contributed by atoms with Crippen LogP contribution in [-0.4, -0.2) is 35.2 Å². The van der Waals surface area contributed by atoms with Gasteiger partial charge in [-0.2, -0.15) is 13.2 Å². The molecule has 1 saturated carbocycles. The standard InChI is InChI=1S/C24H24Cl2F3N3O4/c1-3-16(24(27,28)29)19(21(32(2)30)36-15-8-9-17(25)18(26)12-15)20(33)31-23(10-11-23)14-6-4-13(5-7-14)22(34)35/h4-9,12,16H,3,10-11,30H2,1-2H3,(H,31,33)(H,34,35). The predicted molar refractivity (Wildman–Crippen MR) is 128 cm³/mol. The Hall–Kier alpha value is -2.95. The SMILES string of the molecule is CCC(C(C(=O)NC1(c2ccc(C(=O)O)cc2)CC1)=C(Oc1ccc(Cl)c(Cl)c1)N(C)N)C(F)(F)F. The van der Waals surface area contributed by atoms with Gasteiger partial charge in [0.15, 0.2) is 0 Å². The van der Waals surface area contributed by atoms with E-state index in [1.165, 1.54) is 56.4 Å². The van der Waals surface area contributed by atoms with Crippen LogP contribution in [0.15, 0.2) is 53.9 Å². The van der Waals surface area contributed by atoms with Crippen LogP contribution in [0, 0.1) is 5.92 Å². The molecule has 1 aliphatic carbocycles. The number of carbonyl (C=O) groups excluding carboxylic acids is 1. The van der Waals surface area contributed by atoms with Crippen LogP contribution in [0.3, 0.4) is 0 Å². The van der Waals surface area contributed by atoms with Gasteiger partial charge in [-0.1, -0.05) is 42.3 Å². The highest BCUT2D eigenvalue weighted by molar-refractivity contribution is 6.42. The van der Waals surface area contributed by atoms with Crippen LogP contribution in [-0.2, 0) is 10.3 Å². The average molecular weight is 546 g/mol. The van der Waals surface area contributed by atoms with Gasteiger partial charge < -0.3 is 15.2 Å². The molecule has 12 heteroatoms. The fourth-order valence-corrected chi connectivity index (χ4v) is 4.09. The number of nitrogens with two attached hydrogens (primary N) is 1. The Labute approximate surface area is 215 Å². The molecule has 194 valence electrons. The maximum Gasteiger partial charge on any atom is 0.396 e. The van der Waals surface area contributed by atoms with E-state index < -0.39 is 47.4 Å². The third-order valence-electron chi connectivity index (χ3n) is 5.84. The first-order chi connectivity index (χ1) is 16.8. The number of hydrogen-bond donors (Lipinski definition) is 3. The summed E-state index contributed by atoms with van der Waals surface area (Å²) in [7, 11) is 1.25. The molecule has 0 radical (unpaired) electrons. The molecule has 1 unspecified atom stereocenters. The highest BCUT2D eigenvalue weighted by atomic mass is 35.5. The summed E-state index contributed by atoms with van der Waals surface area (Å²) in [5.74, 6) is 1.06. The van der Waals surface area contributed by atoms with Gasteiger partial charge in [0.25, 0.3) is 5.91 Å². The molecule has 1 amide bonds. The highest BCUT2D eigenvalue weighted by Crippen LogP contribution is 2.46. The van der Waals surface area contributed by atoms with Crippen molar-refractivity contribution in [1.82, 2.24) is 10.3 Å². The summed E-state index contributed by atoms with van der Waals surface area (Å²) in [5.41, 5.74) is -1.01. The molecule has 3 rings (SSSR count). The van der Waals surface area contributed by atoms with Gasteiger partial charge in [-0.15, -0.1) is 0 Å². The number of amides is 1. The molecule has 0 spiro atoms. The summed E-state index contributed by atoms with van der Waals surface area (Å²) in [5, 5.41) is 12.9. The van der Waals surface area contributed by atoms with Crippen LogP contribution in [0.1, 0.15) is 42.1 Å². The summed E-state index contributed by atoms with van der Waals surface area (Å²) in [6, 6.07) is 9.88. The first kappa shape index (κ1) is 27.6. The number of nitrogens with zero attached hydrogens (tertiary/aromatic N) is 1. The molecule has 1 fully saturated rings. The maximum atomic E-state index is 14.1. The number of halogens is 5. The van der Waals surface area contributed by atoms with Gasteiger partial charge >= 0.3 is 12.1 Å². The second-order valence-electron chi connectivity index (χ2n) is 8.43. The predicted octanol–water partition coefficient (Wildman–Crippen LogP) is 5.48. The van der Waals surface area contributed by atoms with E-state index in [-0.39, 0.29) is 21.4 Å². The van der Waals surface area contributed by atoms with Crippen LogP contribution in [0.4, 0.5) is 13.2 Å². The summed E-state index contributed by atoms with van der Waals surface area (Å²) in [6.45, 7) is 1.30. The minimum atomic E-state index is -4.77. The largest absolute Gasteiger partial charge is 0.478 e. The number of ether oxygens (including phenoxy) is 1. The number of aromatic carboxylic acids is 1. The first-order valence-electron chi connectivity index (χ1n) is 10.9. The molecular weight excluding hydrogens is 522 g/mol. The molecule has 0 aliphatic heterocycles. The zero-order chi connectivity index (χ0) is 26.8. The number of benzene rings is 2. The normalized spacial score (nSPS) is 16.0. The molecule has 0 bridgehead atoms. The third kappa shape index (κ3) is 6.05. The lowest BCUT2D eigenvalue weighted by molar-refractivity contribution is -0.168. The van der Waals surface area contributed by atoms with Crippen LogP contribution < -0.4 is 15.9 Å². The summed E-state index contributed by atoms with van der Waals surface area (Å²) < 4.78 is 47.9. The number of carbonyl (C=O) groups is 2. The van der Waals surface area contributed by atoms with Gasteiger partial charge in [-0.25, -0.2) is 10.6 Å². The van der Waals surface area contributed by atoms with Gasteiger partial charge in [-0.3, -0.25) is 9.80 Å². The van der Waals surface area contributed by atoms with Gasteiger partial charge in [0.05, 0.1) is 32.6 Å². The quantitative estimate of drug-likeness (QED) is 0.167. The van der Waals surface area contributed by atoms with Crippen molar-refractivity contribution in [2.24, 2.45) is 11.8 Å². The Balaban J connectivity index is 2.05. The van der Waals surface area contributed by atoms with Crippen molar-refractivity contribution in [2.75, 3.05) is 7.05 Å². The smallest absolute Gasteiger partial charge is 0.396 e. The fourth-order valence-electron chi connectivity index (χ4n) is 3.80. The van der Waals surface area contributed by atoms with E-state index in [1.807, 2.05) is 0 Å². The van der Waals surface area contributed by atoms with Crippen molar-refractivity contribution in [3.05, 3.63) is 75.1 Å². The monoisotopic (exact) mass is 545 g/mol. The Morgan fingerprint density at radius 1 is 1.17 bits per heavy atom. The van der Waals surface area contributed by atoms with E-state index >= 15 is 0 Å². The second-order valence-corrected chi connectivity index (χ2v) is 9.24. The molecule has 0 aromatic heterocycles. The van der Waals surface area contributed by atoms with Crippen molar-refractivity contribution in [3.63, 3.8) is 0 Å². The molecule has 1 aliphatic rings. The molecule has 4 N–H and O–H groups in total. The zero-order valence-electron chi connectivity index (χ0n) is 19.3. The van der Waals surface area contributed by atoms with Gasteiger partial charge in [0.1, 0.15) is 5.75 Å². The van der Waals surface area contributed by atoms with Crippen molar-refractivity contribution in [3.8, 4) is 5.75 Å². The van der Waals surface area contributed by atoms with E-state index in [2.05, 4.69) is 5.32 Å². The van der Waals surface area contributed by atoms with Gasteiger partial charge in [-0.05, 0) is 49.1 Å². The number of hydrazine groups is 1. The number of alkyl halides is 3. The fraction of sp³-hybridized carbons (Fsp3) is 0.333. The Morgan fingerprint density at radius 2 is 1.78 bits per heavy atom. The average Bonchev–Trinajstić information content (AvgIpc) is 3.57.